The molecule has 0 atom stereocenters. The summed E-state index contributed by atoms with van der Waals surface area (Å²) in [5, 5.41) is 8.20. The number of hydrogen-bond donors (Lipinski definition) is 2. The number of benzene rings is 2. The van der Waals surface area contributed by atoms with Crippen molar-refractivity contribution in [1.29, 1.82) is 0 Å². The molecule has 0 radical (unpaired) electrons. The molecule has 0 spiro atoms. The summed E-state index contributed by atoms with van der Waals surface area (Å²) in [7, 11) is 0. The van der Waals surface area contributed by atoms with Crippen molar-refractivity contribution in [3.63, 3.8) is 0 Å². The maximum absolute atomic E-state index is 12.2. The van der Waals surface area contributed by atoms with Gasteiger partial charge in [-0.1, -0.05) is 29.8 Å². The van der Waals surface area contributed by atoms with Crippen LogP contribution in [0.3, 0.4) is 0 Å². The van der Waals surface area contributed by atoms with Gasteiger partial charge in [0.25, 0.3) is 0 Å². The van der Waals surface area contributed by atoms with E-state index >= 15 is 0 Å². The van der Waals surface area contributed by atoms with E-state index in [4.69, 9.17) is 0 Å². The van der Waals surface area contributed by atoms with Gasteiger partial charge in [-0.05, 0) is 56.5 Å². The number of nitrogens with zero attached hydrogens (tertiary/aromatic N) is 1. The van der Waals surface area contributed by atoms with Crippen molar-refractivity contribution in [1.82, 2.24) is 4.98 Å². The Morgan fingerprint density at radius 1 is 0.960 bits per heavy atom. The molecule has 0 aliphatic heterocycles. The van der Waals surface area contributed by atoms with E-state index in [1.165, 1.54) is 28.0 Å². The van der Waals surface area contributed by atoms with Gasteiger partial charge < -0.3 is 5.32 Å². The minimum atomic E-state index is -0.288. The topological polar surface area (TPSA) is 54.0 Å². The average Bonchev–Trinajstić information content (AvgIpc) is 2.94. The Balaban J connectivity index is 1.75. The molecule has 0 fully saturated rings. The first-order chi connectivity index (χ1) is 11.9. The van der Waals surface area contributed by atoms with Gasteiger partial charge in [-0.25, -0.2) is 9.78 Å². The summed E-state index contributed by atoms with van der Waals surface area (Å²) in [4.78, 5) is 16.7. The first-order valence-corrected chi connectivity index (χ1v) is 8.99. The van der Waals surface area contributed by atoms with Crippen LogP contribution in [-0.4, -0.2) is 11.0 Å². The number of rotatable bonds is 3. The lowest BCUT2D eigenvalue weighted by molar-refractivity contribution is 0.262. The van der Waals surface area contributed by atoms with Crippen LogP contribution < -0.4 is 10.6 Å². The zero-order valence-electron chi connectivity index (χ0n) is 14.8. The largest absolute Gasteiger partial charge is 0.325 e. The first-order valence-electron chi connectivity index (χ1n) is 8.11. The van der Waals surface area contributed by atoms with Gasteiger partial charge in [0.15, 0.2) is 5.13 Å². The van der Waals surface area contributed by atoms with Crippen LogP contribution in [0.2, 0.25) is 0 Å². The van der Waals surface area contributed by atoms with Gasteiger partial charge >= 0.3 is 6.03 Å². The molecule has 2 N–H and O–H groups in total. The van der Waals surface area contributed by atoms with Gasteiger partial charge in [0, 0.05) is 16.6 Å². The summed E-state index contributed by atoms with van der Waals surface area (Å²) >= 11 is 1.42. The van der Waals surface area contributed by atoms with Gasteiger partial charge in [-0.3, -0.25) is 5.32 Å². The second kappa shape index (κ2) is 7.07. The van der Waals surface area contributed by atoms with Crippen molar-refractivity contribution < 1.29 is 4.79 Å². The second-order valence-electron chi connectivity index (χ2n) is 6.26. The highest BCUT2D eigenvalue weighted by molar-refractivity contribution is 7.14. The molecule has 0 unspecified atom stereocenters. The molecule has 0 aliphatic carbocycles. The monoisotopic (exact) mass is 351 g/mol. The number of carbonyl (C=O) groups is 1. The second-order valence-corrected chi connectivity index (χ2v) is 7.12. The van der Waals surface area contributed by atoms with E-state index in [0.717, 1.165) is 22.5 Å². The third-order valence-corrected chi connectivity index (χ3v) is 4.69. The molecule has 4 nitrogen and oxygen atoms in total. The van der Waals surface area contributed by atoms with E-state index < -0.39 is 0 Å². The van der Waals surface area contributed by atoms with Crippen LogP contribution in [0.25, 0.3) is 11.3 Å². The average molecular weight is 351 g/mol. The van der Waals surface area contributed by atoms with Crippen molar-refractivity contribution >= 4 is 28.2 Å². The predicted molar refractivity (Wildman–Crippen MR) is 106 cm³/mol. The summed E-state index contributed by atoms with van der Waals surface area (Å²) in [5.74, 6) is 0. The molecule has 1 heterocycles. The molecule has 2 amide bonds. The van der Waals surface area contributed by atoms with Gasteiger partial charge in [-0.15, -0.1) is 11.3 Å². The lowest BCUT2D eigenvalue weighted by Crippen LogP contribution is -2.19. The van der Waals surface area contributed by atoms with E-state index in [0.29, 0.717) is 5.13 Å². The SMILES string of the molecule is Cc1cccc(NC(=O)Nc2nc(-c3c(C)cc(C)cc3C)cs2)c1. The molecule has 0 bridgehead atoms. The number of urea groups is 1. The fourth-order valence-electron chi connectivity index (χ4n) is 3.01. The Labute approximate surface area is 151 Å². The number of amides is 2. The van der Waals surface area contributed by atoms with Gasteiger partial charge in [0.05, 0.1) is 5.69 Å². The minimum Gasteiger partial charge on any atom is -0.308 e. The number of aromatic nitrogens is 1. The Bertz CT molecular complexity index is 907. The predicted octanol–water partition coefficient (Wildman–Crippen LogP) is 5.69. The van der Waals surface area contributed by atoms with Gasteiger partial charge in [0.2, 0.25) is 0 Å². The number of nitrogens with one attached hydrogen (secondary N) is 2. The van der Waals surface area contributed by atoms with E-state index in [1.54, 1.807) is 0 Å². The minimum absolute atomic E-state index is 0.288. The number of anilines is 2. The third kappa shape index (κ3) is 4.06. The van der Waals surface area contributed by atoms with Crippen molar-refractivity contribution in [2.75, 3.05) is 10.6 Å². The number of hydrogen-bond acceptors (Lipinski definition) is 3. The highest BCUT2D eigenvalue weighted by atomic mass is 32.1. The van der Waals surface area contributed by atoms with E-state index in [2.05, 4.69) is 48.5 Å². The molecule has 5 heteroatoms. The molecule has 0 saturated carbocycles. The third-order valence-electron chi connectivity index (χ3n) is 3.93. The van der Waals surface area contributed by atoms with E-state index in [1.807, 2.05) is 36.6 Å². The van der Waals surface area contributed by atoms with Crippen molar-refractivity contribution in [3.05, 3.63) is 64.0 Å². The summed E-state index contributed by atoms with van der Waals surface area (Å²) in [6.45, 7) is 8.26. The molecule has 1 aromatic heterocycles. The number of aryl methyl sites for hydroxylation is 4. The van der Waals surface area contributed by atoms with Crippen molar-refractivity contribution in [2.45, 2.75) is 27.7 Å². The zero-order chi connectivity index (χ0) is 18.0. The van der Waals surface area contributed by atoms with E-state index in [9.17, 15) is 4.79 Å². The lowest BCUT2D eigenvalue weighted by Gasteiger charge is -2.09. The lowest BCUT2D eigenvalue weighted by atomic mass is 9.98. The highest BCUT2D eigenvalue weighted by Gasteiger charge is 2.12. The molecule has 3 aromatic rings. The molecule has 25 heavy (non-hydrogen) atoms. The molecule has 0 saturated heterocycles. The highest BCUT2D eigenvalue weighted by Crippen LogP contribution is 2.31. The Kier molecular flexibility index (Phi) is 4.86. The Morgan fingerprint density at radius 3 is 2.36 bits per heavy atom. The molecular weight excluding hydrogens is 330 g/mol. The van der Waals surface area contributed by atoms with Crippen LogP contribution in [0.1, 0.15) is 22.3 Å². The standard InChI is InChI=1S/C20H21N3OS/c1-12-6-5-7-16(10-12)21-19(24)23-20-22-17(11-25-20)18-14(3)8-13(2)9-15(18)4/h5-11H,1-4H3,(H2,21,22,23,24). The van der Waals surface area contributed by atoms with Crippen LogP contribution >= 0.6 is 11.3 Å². The Morgan fingerprint density at radius 2 is 1.68 bits per heavy atom. The fraction of sp³-hybridized carbons (Fsp3) is 0.200. The molecule has 2 aromatic carbocycles. The summed E-state index contributed by atoms with van der Waals surface area (Å²) in [6, 6.07) is 11.7. The molecule has 0 aliphatic rings. The van der Waals surface area contributed by atoms with Crippen LogP contribution in [-0.2, 0) is 0 Å². The van der Waals surface area contributed by atoms with Gasteiger partial charge in [-0.2, -0.15) is 0 Å². The van der Waals surface area contributed by atoms with Crippen molar-refractivity contribution in [3.8, 4) is 11.3 Å². The van der Waals surface area contributed by atoms with Crippen LogP contribution in [0.5, 0.6) is 0 Å². The van der Waals surface area contributed by atoms with E-state index in [-0.39, 0.29) is 6.03 Å². The van der Waals surface area contributed by atoms with Crippen LogP contribution in [0, 0.1) is 27.7 Å². The van der Waals surface area contributed by atoms with Gasteiger partial charge in [0.1, 0.15) is 0 Å². The number of thiazole rings is 1. The molecule has 128 valence electrons. The summed E-state index contributed by atoms with van der Waals surface area (Å²) < 4.78 is 0. The van der Waals surface area contributed by atoms with Crippen LogP contribution in [0.4, 0.5) is 15.6 Å². The smallest absolute Gasteiger partial charge is 0.308 e. The first kappa shape index (κ1) is 17.2. The quantitative estimate of drug-likeness (QED) is 0.637. The molecule has 3 rings (SSSR count). The summed E-state index contributed by atoms with van der Waals surface area (Å²) in [6.07, 6.45) is 0. The number of carbonyl (C=O) groups excluding carboxylic acids is 1. The maximum atomic E-state index is 12.2. The van der Waals surface area contributed by atoms with Crippen LogP contribution in [0.15, 0.2) is 41.8 Å². The normalized spacial score (nSPS) is 10.6. The molecular formula is C20H21N3OS. The summed E-state index contributed by atoms with van der Waals surface area (Å²) in [5.41, 5.74) is 7.51. The Hall–Kier alpha value is -2.66. The zero-order valence-corrected chi connectivity index (χ0v) is 15.6. The van der Waals surface area contributed by atoms with Crippen molar-refractivity contribution in [2.24, 2.45) is 0 Å². The fourth-order valence-corrected chi connectivity index (χ4v) is 3.71. The maximum Gasteiger partial charge on any atom is 0.325 e.